The molecule has 1 N–H and O–H groups in total. The van der Waals surface area contributed by atoms with Crippen LogP contribution in [-0.2, 0) is 0 Å². The summed E-state index contributed by atoms with van der Waals surface area (Å²) in [5.41, 5.74) is 0.622. The summed E-state index contributed by atoms with van der Waals surface area (Å²) in [6.45, 7) is 4.41. The van der Waals surface area contributed by atoms with Gasteiger partial charge in [0, 0.05) is 50.7 Å². The number of methoxy groups -OCH3 is 1. The number of carbonyl (C=O) groups excluding carboxylic acids is 2. The molecular formula is C21H26N4O3S. The van der Waals surface area contributed by atoms with Crippen molar-refractivity contribution in [3.8, 4) is 5.75 Å². The van der Waals surface area contributed by atoms with Gasteiger partial charge in [-0.25, -0.2) is 4.98 Å². The number of thiazole rings is 1. The van der Waals surface area contributed by atoms with Gasteiger partial charge in [-0.3, -0.25) is 14.5 Å². The summed E-state index contributed by atoms with van der Waals surface area (Å²) in [7, 11) is 1.60. The maximum Gasteiger partial charge on any atom is 0.265 e. The first kappa shape index (κ1) is 19.8. The zero-order chi connectivity index (χ0) is 20.2. The smallest absolute Gasteiger partial charge is 0.265 e. The summed E-state index contributed by atoms with van der Waals surface area (Å²) in [6.07, 6.45) is 4.14. The summed E-state index contributed by atoms with van der Waals surface area (Å²) in [6, 6.07) is 7.07. The van der Waals surface area contributed by atoms with E-state index in [2.05, 4.69) is 15.2 Å². The van der Waals surface area contributed by atoms with Crippen LogP contribution in [-0.4, -0.2) is 73.0 Å². The Balaban J connectivity index is 1.18. The summed E-state index contributed by atoms with van der Waals surface area (Å²) < 4.78 is 5.11. The molecule has 2 aromatic rings. The third-order valence-corrected chi connectivity index (χ3v) is 6.53. The van der Waals surface area contributed by atoms with Crippen LogP contribution in [0, 0.1) is 0 Å². The normalized spacial score (nSPS) is 17.2. The molecule has 1 saturated carbocycles. The van der Waals surface area contributed by atoms with Gasteiger partial charge in [-0.15, -0.1) is 11.3 Å². The third kappa shape index (κ3) is 4.94. The van der Waals surface area contributed by atoms with Gasteiger partial charge in [0.2, 0.25) is 0 Å². The summed E-state index contributed by atoms with van der Waals surface area (Å²) in [5, 5.41) is 4.06. The number of amides is 2. The van der Waals surface area contributed by atoms with Gasteiger partial charge < -0.3 is 15.0 Å². The number of ether oxygens (including phenoxy) is 1. The number of nitrogens with one attached hydrogen (secondary N) is 1. The fourth-order valence-corrected chi connectivity index (χ4v) is 4.46. The second-order valence-corrected chi connectivity index (χ2v) is 8.52. The highest BCUT2D eigenvalue weighted by Gasteiger charge is 2.29. The van der Waals surface area contributed by atoms with Crippen LogP contribution < -0.4 is 10.1 Å². The van der Waals surface area contributed by atoms with E-state index in [1.54, 1.807) is 48.9 Å². The van der Waals surface area contributed by atoms with Crippen LogP contribution in [0.5, 0.6) is 5.75 Å². The van der Waals surface area contributed by atoms with Gasteiger partial charge in [0.1, 0.15) is 10.6 Å². The minimum absolute atomic E-state index is 0.0851. The minimum atomic E-state index is -0.0851. The maximum absolute atomic E-state index is 12.7. The highest BCUT2D eigenvalue weighted by Crippen LogP contribution is 2.41. The van der Waals surface area contributed by atoms with E-state index in [0.717, 1.165) is 35.3 Å². The average Bonchev–Trinajstić information content (AvgIpc) is 3.50. The van der Waals surface area contributed by atoms with E-state index in [9.17, 15) is 9.59 Å². The number of hydrogen-bond acceptors (Lipinski definition) is 6. The lowest BCUT2D eigenvalue weighted by molar-refractivity contribution is 0.0642. The number of aromatic nitrogens is 1. The largest absolute Gasteiger partial charge is 0.497 e. The molecule has 1 aromatic heterocycles. The number of carbonyl (C=O) groups is 2. The monoisotopic (exact) mass is 414 g/mol. The van der Waals surface area contributed by atoms with Crippen molar-refractivity contribution < 1.29 is 14.3 Å². The summed E-state index contributed by atoms with van der Waals surface area (Å²) >= 11 is 1.55. The van der Waals surface area contributed by atoms with Crippen LogP contribution in [0.25, 0.3) is 0 Å². The molecule has 1 aromatic carbocycles. The zero-order valence-electron chi connectivity index (χ0n) is 16.6. The van der Waals surface area contributed by atoms with Gasteiger partial charge in [0.25, 0.3) is 11.8 Å². The van der Waals surface area contributed by atoms with Crippen molar-refractivity contribution in [3.05, 3.63) is 45.9 Å². The van der Waals surface area contributed by atoms with Crippen molar-refractivity contribution in [3.63, 3.8) is 0 Å². The molecule has 0 unspecified atom stereocenters. The molecule has 2 amide bonds. The lowest BCUT2D eigenvalue weighted by Gasteiger charge is -2.34. The Kier molecular flexibility index (Phi) is 6.10. The van der Waals surface area contributed by atoms with E-state index in [1.807, 2.05) is 4.90 Å². The van der Waals surface area contributed by atoms with Crippen LogP contribution in [0.1, 0.15) is 43.8 Å². The summed E-state index contributed by atoms with van der Waals surface area (Å²) in [5.74, 6) is 1.34. The second kappa shape index (κ2) is 8.92. The van der Waals surface area contributed by atoms with Gasteiger partial charge in [-0.1, -0.05) is 0 Å². The highest BCUT2D eigenvalue weighted by atomic mass is 32.1. The molecule has 7 nitrogen and oxygen atoms in total. The molecule has 154 valence electrons. The Morgan fingerprint density at radius 2 is 1.90 bits per heavy atom. The highest BCUT2D eigenvalue weighted by molar-refractivity contribution is 7.13. The van der Waals surface area contributed by atoms with Gasteiger partial charge in [0.05, 0.1) is 18.3 Å². The van der Waals surface area contributed by atoms with Crippen molar-refractivity contribution in [2.75, 3.05) is 46.4 Å². The summed E-state index contributed by atoms with van der Waals surface area (Å²) in [4.78, 5) is 34.3. The quantitative estimate of drug-likeness (QED) is 0.752. The van der Waals surface area contributed by atoms with E-state index in [0.29, 0.717) is 31.1 Å². The van der Waals surface area contributed by atoms with E-state index < -0.39 is 0 Å². The number of nitrogens with zero attached hydrogens (tertiary/aromatic N) is 3. The number of hydrogen-bond donors (Lipinski definition) is 1. The topological polar surface area (TPSA) is 74.8 Å². The molecule has 4 rings (SSSR count). The SMILES string of the molecule is COc1ccc(C(=O)NCCN2CCN(C(=O)c3cnc(C4CC4)s3)CC2)cc1. The lowest BCUT2D eigenvalue weighted by atomic mass is 10.2. The molecule has 2 fully saturated rings. The fraction of sp³-hybridized carbons (Fsp3) is 0.476. The van der Waals surface area contributed by atoms with Crippen LogP contribution in [0.3, 0.4) is 0 Å². The standard InChI is InChI=1S/C21H26N4O3S/c1-28-17-6-4-15(5-7-17)19(26)22-8-9-24-10-12-25(13-11-24)21(27)18-14-23-20(29-18)16-2-3-16/h4-7,14,16H,2-3,8-13H2,1H3,(H,22,26). The first-order valence-corrected chi connectivity index (χ1v) is 10.9. The van der Waals surface area contributed by atoms with Crippen molar-refractivity contribution in [1.29, 1.82) is 0 Å². The van der Waals surface area contributed by atoms with E-state index in [1.165, 1.54) is 12.8 Å². The average molecular weight is 415 g/mol. The molecule has 0 bridgehead atoms. The molecule has 1 aliphatic heterocycles. The van der Waals surface area contributed by atoms with Crippen molar-refractivity contribution in [2.45, 2.75) is 18.8 Å². The molecule has 1 saturated heterocycles. The molecule has 0 atom stereocenters. The van der Waals surface area contributed by atoms with Gasteiger partial charge in [-0.2, -0.15) is 0 Å². The lowest BCUT2D eigenvalue weighted by Crippen LogP contribution is -2.50. The Labute approximate surface area is 174 Å². The van der Waals surface area contributed by atoms with Crippen LogP contribution >= 0.6 is 11.3 Å². The third-order valence-electron chi connectivity index (χ3n) is 5.39. The molecular weight excluding hydrogens is 388 g/mol. The minimum Gasteiger partial charge on any atom is -0.497 e. The zero-order valence-corrected chi connectivity index (χ0v) is 17.4. The molecule has 2 aliphatic rings. The molecule has 1 aliphatic carbocycles. The Bertz CT molecular complexity index is 855. The number of piperazine rings is 1. The van der Waals surface area contributed by atoms with Crippen molar-refractivity contribution in [1.82, 2.24) is 20.1 Å². The predicted octanol–water partition coefficient (Wildman–Crippen LogP) is 2.22. The Morgan fingerprint density at radius 1 is 1.17 bits per heavy atom. The molecule has 29 heavy (non-hydrogen) atoms. The van der Waals surface area contributed by atoms with E-state index in [-0.39, 0.29) is 11.8 Å². The van der Waals surface area contributed by atoms with Gasteiger partial charge in [0.15, 0.2) is 0 Å². The molecule has 2 heterocycles. The van der Waals surface area contributed by atoms with E-state index >= 15 is 0 Å². The molecule has 0 spiro atoms. The van der Waals surface area contributed by atoms with Crippen LogP contribution in [0.4, 0.5) is 0 Å². The number of rotatable bonds is 7. The van der Waals surface area contributed by atoms with Gasteiger partial charge in [-0.05, 0) is 37.1 Å². The first-order chi connectivity index (χ1) is 14.1. The number of benzene rings is 1. The Morgan fingerprint density at radius 3 is 2.55 bits per heavy atom. The fourth-order valence-electron chi connectivity index (χ4n) is 3.41. The maximum atomic E-state index is 12.7. The van der Waals surface area contributed by atoms with Crippen LogP contribution in [0.2, 0.25) is 0 Å². The predicted molar refractivity (Wildman–Crippen MR) is 112 cm³/mol. The first-order valence-electron chi connectivity index (χ1n) is 10.0. The second-order valence-electron chi connectivity index (χ2n) is 7.46. The van der Waals surface area contributed by atoms with E-state index in [4.69, 9.17) is 4.74 Å². The van der Waals surface area contributed by atoms with Crippen molar-refractivity contribution >= 4 is 23.2 Å². The van der Waals surface area contributed by atoms with Crippen LogP contribution in [0.15, 0.2) is 30.5 Å². The molecule has 0 radical (unpaired) electrons. The molecule has 8 heteroatoms. The van der Waals surface area contributed by atoms with Crippen molar-refractivity contribution in [2.24, 2.45) is 0 Å². The Hall–Kier alpha value is -2.45. The van der Waals surface area contributed by atoms with Gasteiger partial charge >= 0.3 is 0 Å².